The molecule has 0 saturated heterocycles. The first-order valence-electron chi connectivity index (χ1n) is 4.90. The number of benzene rings is 1. The lowest BCUT2D eigenvalue weighted by molar-refractivity contribution is -0.139. The van der Waals surface area contributed by atoms with E-state index in [0.717, 1.165) is 17.5 Å². The highest BCUT2D eigenvalue weighted by atomic mass is 35.5. The molecule has 0 atom stereocenters. The monoisotopic (exact) mass is 237 g/mol. The highest BCUT2D eigenvalue weighted by Gasteiger charge is 2.10. The van der Waals surface area contributed by atoms with Gasteiger partial charge in [-0.05, 0) is 23.6 Å². The van der Waals surface area contributed by atoms with Gasteiger partial charge < -0.3 is 4.74 Å². The van der Waals surface area contributed by atoms with Crippen molar-refractivity contribution in [3.8, 4) is 6.07 Å². The number of hydrogen-bond acceptors (Lipinski definition) is 3. The van der Waals surface area contributed by atoms with Crippen LogP contribution < -0.4 is 0 Å². The minimum absolute atomic E-state index is 0.162. The van der Waals surface area contributed by atoms with Crippen molar-refractivity contribution in [1.82, 2.24) is 0 Å². The molecule has 0 unspecified atom stereocenters. The van der Waals surface area contributed by atoms with Crippen LogP contribution in [-0.4, -0.2) is 13.1 Å². The van der Waals surface area contributed by atoms with Gasteiger partial charge in [0.05, 0.1) is 24.1 Å². The van der Waals surface area contributed by atoms with Crippen LogP contribution in [0.25, 0.3) is 0 Å². The SMILES string of the molecule is CCc1cc(CC(=O)OC)cc(C#N)c1Cl. The molecule has 1 aromatic rings. The normalized spacial score (nSPS) is 9.62. The van der Waals surface area contributed by atoms with E-state index in [1.165, 1.54) is 7.11 Å². The van der Waals surface area contributed by atoms with Gasteiger partial charge in [-0.1, -0.05) is 24.6 Å². The Balaban J connectivity index is 3.13. The molecular weight excluding hydrogens is 226 g/mol. The smallest absolute Gasteiger partial charge is 0.309 e. The summed E-state index contributed by atoms with van der Waals surface area (Å²) in [5, 5.41) is 9.37. The van der Waals surface area contributed by atoms with E-state index in [9.17, 15) is 4.79 Å². The molecule has 16 heavy (non-hydrogen) atoms. The van der Waals surface area contributed by atoms with Crippen molar-refractivity contribution in [3.63, 3.8) is 0 Å². The summed E-state index contributed by atoms with van der Waals surface area (Å²) in [5.41, 5.74) is 2.03. The second-order valence-corrected chi connectivity index (χ2v) is 3.71. The van der Waals surface area contributed by atoms with E-state index in [4.69, 9.17) is 16.9 Å². The van der Waals surface area contributed by atoms with Crippen molar-refractivity contribution in [2.24, 2.45) is 0 Å². The molecule has 0 aliphatic rings. The Labute approximate surface area is 99.6 Å². The van der Waals surface area contributed by atoms with Crippen LogP contribution in [0.5, 0.6) is 0 Å². The molecule has 1 aromatic carbocycles. The van der Waals surface area contributed by atoms with Crippen molar-refractivity contribution in [1.29, 1.82) is 5.26 Å². The number of hydrogen-bond donors (Lipinski definition) is 0. The number of halogens is 1. The molecule has 0 fully saturated rings. The molecule has 0 aliphatic heterocycles. The largest absolute Gasteiger partial charge is 0.469 e. The summed E-state index contributed by atoms with van der Waals surface area (Å²) in [6.45, 7) is 1.95. The van der Waals surface area contributed by atoms with E-state index in [1.54, 1.807) is 6.07 Å². The minimum Gasteiger partial charge on any atom is -0.469 e. The van der Waals surface area contributed by atoms with Gasteiger partial charge in [0.2, 0.25) is 0 Å². The Kier molecular flexibility index (Phi) is 4.33. The molecule has 0 saturated carbocycles. The lowest BCUT2D eigenvalue weighted by Gasteiger charge is -2.07. The lowest BCUT2D eigenvalue weighted by atomic mass is 10.0. The molecule has 84 valence electrons. The van der Waals surface area contributed by atoms with Crippen LogP contribution in [-0.2, 0) is 22.4 Å². The van der Waals surface area contributed by atoms with Gasteiger partial charge in [-0.3, -0.25) is 4.79 Å². The molecule has 0 spiro atoms. The van der Waals surface area contributed by atoms with Crippen LogP contribution in [0.1, 0.15) is 23.6 Å². The molecule has 0 N–H and O–H groups in total. The van der Waals surface area contributed by atoms with Crippen molar-refractivity contribution in [3.05, 3.63) is 33.8 Å². The molecule has 1 rings (SSSR count). The molecule has 0 aromatic heterocycles. The van der Waals surface area contributed by atoms with Crippen LogP contribution in [0, 0.1) is 11.3 Å². The number of carbonyl (C=O) groups is 1. The molecule has 0 heterocycles. The highest BCUT2D eigenvalue weighted by Crippen LogP contribution is 2.23. The number of methoxy groups -OCH3 is 1. The quantitative estimate of drug-likeness (QED) is 0.759. The van der Waals surface area contributed by atoms with Gasteiger partial charge in [0.25, 0.3) is 0 Å². The number of rotatable bonds is 3. The van der Waals surface area contributed by atoms with Gasteiger partial charge in [-0.2, -0.15) is 5.26 Å². The standard InChI is InChI=1S/C12H12ClNO2/c1-3-9-4-8(6-11(15)16-2)5-10(7-14)12(9)13/h4-5H,3,6H2,1-2H3. The predicted molar refractivity (Wildman–Crippen MR) is 61.3 cm³/mol. The fourth-order valence-corrected chi connectivity index (χ4v) is 1.72. The highest BCUT2D eigenvalue weighted by molar-refractivity contribution is 6.32. The van der Waals surface area contributed by atoms with Gasteiger partial charge in [-0.15, -0.1) is 0 Å². The Morgan fingerprint density at radius 3 is 2.75 bits per heavy atom. The van der Waals surface area contributed by atoms with Gasteiger partial charge in [0.15, 0.2) is 0 Å². The van der Waals surface area contributed by atoms with Crippen LogP contribution in [0.2, 0.25) is 5.02 Å². The third-order valence-corrected chi connectivity index (χ3v) is 2.73. The number of ether oxygens (including phenoxy) is 1. The van der Waals surface area contributed by atoms with E-state index in [0.29, 0.717) is 10.6 Å². The van der Waals surface area contributed by atoms with E-state index < -0.39 is 0 Å². The Morgan fingerprint density at radius 2 is 2.25 bits per heavy atom. The average molecular weight is 238 g/mol. The first-order chi connectivity index (χ1) is 7.62. The van der Waals surface area contributed by atoms with Crippen molar-refractivity contribution in [2.45, 2.75) is 19.8 Å². The molecule has 4 heteroatoms. The molecule has 3 nitrogen and oxygen atoms in total. The number of carbonyl (C=O) groups excluding carboxylic acids is 1. The molecule has 0 bridgehead atoms. The Hall–Kier alpha value is -1.53. The number of esters is 1. The Bertz CT molecular complexity index is 449. The summed E-state index contributed by atoms with van der Waals surface area (Å²) in [7, 11) is 1.34. The zero-order chi connectivity index (χ0) is 12.1. The summed E-state index contributed by atoms with van der Waals surface area (Å²) in [5.74, 6) is -0.326. The topological polar surface area (TPSA) is 50.1 Å². The summed E-state index contributed by atoms with van der Waals surface area (Å²) in [6, 6.07) is 5.47. The fraction of sp³-hybridized carbons (Fsp3) is 0.333. The third-order valence-electron chi connectivity index (χ3n) is 2.29. The molecule has 0 radical (unpaired) electrons. The Morgan fingerprint density at radius 1 is 1.56 bits per heavy atom. The summed E-state index contributed by atoms with van der Waals surface area (Å²) in [6.07, 6.45) is 0.887. The fourth-order valence-electron chi connectivity index (χ4n) is 1.43. The van der Waals surface area contributed by atoms with Crippen molar-refractivity contribution in [2.75, 3.05) is 7.11 Å². The second-order valence-electron chi connectivity index (χ2n) is 3.33. The number of nitrogens with zero attached hydrogens (tertiary/aromatic N) is 1. The van der Waals surface area contributed by atoms with Gasteiger partial charge >= 0.3 is 5.97 Å². The summed E-state index contributed by atoms with van der Waals surface area (Å²) >= 11 is 6.01. The zero-order valence-electron chi connectivity index (χ0n) is 9.21. The first-order valence-corrected chi connectivity index (χ1v) is 5.28. The summed E-state index contributed by atoms with van der Waals surface area (Å²) in [4.78, 5) is 11.1. The van der Waals surface area contributed by atoms with E-state index in [2.05, 4.69) is 4.74 Å². The molecular formula is C12H12ClNO2. The van der Waals surface area contributed by atoms with E-state index in [-0.39, 0.29) is 12.4 Å². The van der Waals surface area contributed by atoms with Gasteiger partial charge in [0, 0.05) is 0 Å². The van der Waals surface area contributed by atoms with Crippen LogP contribution >= 0.6 is 11.6 Å². The van der Waals surface area contributed by atoms with Crippen LogP contribution in [0.3, 0.4) is 0 Å². The average Bonchev–Trinajstić information content (AvgIpc) is 2.30. The van der Waals surface area contributed by atoms with Gasteiger partial charge in [0.1, 0.15) is 6.07 Å². The maximum Gasteiger partial charge on any atom is 0.309 e. The minimum atomic E-state index is -0.326. The summed E-state index contributed by atoms with van der Waals surface area (Å²) < 4.78 is 4.58. The van der Waals surface area contributed by atoms with Crippen molar-refractivity contribution < 1.29 is 9.53 Å². The van der Waals surface area contributed by atoms with E-state index in [1.807, 2.05) is 19.1 Å². The first kappa shape index (κ1) is 12.5. The van der Waals surface area contributed by atoms with Crippen molar-refractivity contribution >= 4 is 17.6 Å². The second kappa shape index (κ2) is 5.53. The van der Waals surface area contributed by atoms with Crippen LogP contribution in [0.4, 0.5) is 0 Å². The van der Waals surface area contributed by atoms with Crippen LogP contribution in [0.15, 0.2) is 12.1 Å². The molecule has 0 aliphatic carbocycles. The zero-order valence-corrected chi connectivity index (χ0v) is 9.97. The molecule has 0 amide bonds. The lowest BCUT2D eigenvalue weighted by Crippen LogP contribution is -2.05. The number of nitriles is 1. The van der Waals surface area contributed by atoms with E-state index >= 15 is 0 Å². The predicted octanol–water partition coefficient (Wildman–Crippen LogP) is 2.49. The maximum absolute atomic E-state index is 11.1. The third kappa shape index (κ3) is 2.74. The number of aryl methyl sites for hydroxylation is 1. The maximum atomic E-state index is 11.1. The van der Waals surface area contributed by atoms with Gasteiger partial charge in [-0.25, -0.2) is 0 Å².